The number of nitrogens with one attached hydrogen (secondary N) is 1. The predicted molar refractivity (Wildman–Crippen MR) is 78.4 cm³/mol. The molecule has 19 heavy (non-hydrogen) atoms. The van der Waals surface area contributed by atoms with Gasteiger partial charge in [0.1, 0.15) is 6.04 Å². The summed E-state index contributed by atoms with van der Waals surface area (Å²) in [5, 5.41) is 4.72. The molecule has 0 aliphatic rings. The van der Waals surface area contributed by atoms with Crippen molar-refractivity contribution < 1.29 is 4.79 Å². The Labute approximate surface area is 116 Å². The number of nitrogens with zero attached hydrogens (tertiary/aromatic N) is 2. The number of anilines is 2. The molecule has 0 bridgehead atoms. The molecule has 2 aromatic rings. The Bertz CT molecular complexity index is 554. The summed E-state index contributed by atoms with van der Waals surface area (Å²) in [4.78, 5) is 18.9. The van der Waals surface area contributed by atoms with Crippen LogP contribution in [0.3, 0.4) is 0 Å². The van der Waals surface area contributed by atoms with Gasteiger partial charge in [-0.15, -0.1) is 11.3 Å². The lowest BCUT2D eigenvalue weighted by Crippen LogP contribution is -2.27. The van der Waals surface area contributed by atoms with Crippen LogP contribution in [-0.4, -0.2) is 25.0 Å². The SMILES string of the molecule is CN(C)c1ccncc1NC(=O)C(N)c1cccs1. The van der Waals surface area contributed by atoms with E-state index in [1.54, 1.807) is 12.4 Å². The Morgan fingerprint density at radius 1 is 1.47 bits per heavy atom. The van der Waals surface area contributed by atoms with Gasteiger partial charge in [-0.1, -0.05) is 6.07 Å². The molecule has 6 heteroatoms. The highest BCUT2D eigenvalue weighted by Gasteiger charge is 2.18. The lowest BCUT2D eigenvalue weighted by molar-refractivity contribution is -0.117. The van der Waals surface area contributed by atoms with Gasteiger partial charge in [0.05, 0.1) is 17.6 Å². The van der Waals surface area contributed by atoms with E-state index < -0.39 is 6.04 Å². The maximum atomic E-state index is 12.1. The van der Waals surface area contributed by atoms with Crippen LogP contribution in [0.5, 0.6) is 0 Å². The van der Waals surface area contributed by atoms with Gasteiger partial charge < -0.3 is 16.0 Å². The van der Waals surface area contributed by atoms with Crippen LogP contribution >= 0.6 is 11.3 Å². The molecule has 0 aromatic carbocycles. The number of carbonyl (C=O) groups is 1. The van der Waals surface area contributed by atoms with Gasteiger partial charge in [0.15, 0.2) is 0 Å². The summed E-state index contributed by atoms with van der Waals surface area (Å²) in [5.41, 5.74) is 7.47. The molecule has 0 radical (unpaired) electrons. The molecule has 0 saturated carbocycles. The molecule has 1 unspecified atom stereocenters. The van der Waals surface area contributed by atoms with E-state index in [-0.39, 0.29) is 5.91 Å². The summed E-state index contributed by atoms with van der Waals surface area (Å²) in [5.74, 6) is -0.237. The zero-order chi connectivity index (χ0) is 13.8. The fourth-order valence-corrected chi connectivity index (χ4v) is 2.41. The molecule has 2 heterocycles. The number of carbonyl (C=O) groups excluding carboxylic acids is 1. The van der Waals surface area contributed by atoms with Crippen LogP contribution in [0.25, 0.3) is 0 Å². The van der Waals surface area contributed by atoms with Crippen molar-refractivity contribution in [2.75, 3.05) is 24.3 Å². The number of pyridine rings is 1. The molecule has 0 spiro atoms. The van der Waals surface area contributed by atoms with Gasteiger partial charge >= 0.3 is 0 Å². The zero-order valence-corrected chi connectivity index (χ0v) is 11.6. The topological polar surface area (TPSA) is 71.2 Å². The molecule has 0 fully saturated rings. The minimum absolute atomic E-state index is 0.237. The molecule has 100 valence electrons. The van der Waals surface area contributed by atoms with E-state index in [1.807, 2.05) is 42.6 Å². The third kappa shape index (κ3) is 3.10. The largest absolute Gasteiger partial charge is 0.376 e. The highest BCUT2D eigenvalue weighted by Crippen LogP contribution is 2.24. The van der Waals surface area contributed by atoms with Crippen molar-refractivity contribution in [1.82, 2.24) is 4.98 Å². The van der Waals surface area contributed by atoms with Crippen molar-refractivity contribution in [1.29, 1.82) is 0 Å². The average molecular weight is 276 g/mol. The monoisotopic (exact) mass is 276 g/mol. The molecular formula is C13H16N4OS. The van der Waals surface area contributed by atoms with Gasteiger partial charge in [-0.25, -0.2) is 0 Å². The van der Waals surface area contributed by atoms with Gasteiger partial charge in [0, 0.05) is 25.2 Å². The standard InChI is InChI=1S/C13H16N4OS/c1-17(2)10-5-6-15-8-9(10)16-13(18)12(14)11-4-3-7-19-11/h3-8,12H,14H2,1-2H3,(H,16,18). The smallest absolute Gasteiger partial charge is 0.246 e. The molecule has 2 aromatic heterocycles. The maximum absolute atomic E-state index is 12.1. The average Bonchev–Trinajstić information content (AvgIpc) is 2.92. The number of aromatic nitrogens is 1. The van der Waals surface area contributed by atoms with Crippen LogP contribution < -0.4 is 16.0 Å². The van der Waals surface area contributed by atoms with E-state index >= 15 is 0 Å². The molecule has 5 nitrogen and oxygen atoms in total. The van der Waals surface area contributed by atoms with Gasteiger partial charge in [-0.3, -0.25) is 9.78 Å². The normalized spacial score (nSPS) is 11.9. The van der Waals surface area contributed by atoms with Crippen molar-refractivity contribution in [2.24, 2.45) is 5.73 Å². The van der Waals surface area contributed by atoms with Crippen LogP contribution in [0.2, 0.25) is 0 Å². The van der Waals surface area contributed by atoms with E-state index in [4.69, 9.17) is 5.73 Å². The first-order valence-corrected chi connectivity index (χ1v) is 6.68. The molecule has 2 rings (SSSR count). The van der Waals surface area contributed by atoms with Crippen molar-refractivity contribution in [2.45, 2.75) is 6.04 Å². The van der Waals surface area contributed by atoms with Crippen molar-refractivity contribution in [3.63, 3.8) is 0 Å². The fraction of sp³-hybridized carbons (Fsp3) is 0.231. The Kier molecular flexibility index (Phi) is 4.13. The van der Waals surface area contributed by atoms with E-state index in [0.717, 1.165) is 10.6 Å². The highest BCUT2D eigenvalue weighted by molar-refractivity contribution is 7.10. The lowest BCUT2D eigenvalue weighted by Gasteiger charge is -2.18. The quantitative estimate of drug-likeness (QED) is 0.894. The molecule has 3 N–H and O–H groups in total. The highest BCUT2D eigenvalue weighted by atomic mass is 32.1. The number of rotatable bonds is 4. The number of nitrogens with two attached hydrogens (primary N) is 1. The summed E-state index contributed by atoms with van der Waals surface area (Å²) < 4.78 is 0. The van der Waals surface area contributed by atoms with Gasteiger partial charge in [-0.2, -0.15) is 0 Å². The van der Waals surface area contributed by atoms with Crippen LogP contribution in [0.4, 0.5) is 11.4 Å². The van der Waals surface area contributed by atoms with E-state index in [1.165, 1.54) is 11.3 Å². The molecule has 1 atom stereocenters. The minimum atomic E-state index is -0.657. The Morgan fingerprint density at radius 2 is 2.26 bits per heavy atom. The summed E-state index contributed by atoms with van der Waals surface area (Å²) in [6.45, 7) is 0. The first kappa shape index (κ1) is 13.5. The van der Waals surface area contributed by atoms with Crippen LogP contribution in [0.15, 0.2) is 36.0 Å². The second-order valence-corrected chi connectivity index (χ2v) is 5.25. The van der Waals surface area contributed by atoms with Crippen molar-refractivity contribution >= 4 is 28.6 Å². The van der Waals surface area contributed by atoms with E-state index in [2.05, 4.69) is 10.3 Å². The summed E-state index contributed by atoms with van der Waals surface area (Å²) in [7, 11) is 3.81. The molecule has 0 saturated heterocycles. The summed E-state index contributed by atoms with van der Waals surface area (Å²) >= 11 is 1.47. The Balaban J connectivity index is 2.15. The third-order valence-electron chi connectivity index (χ3n) is 2.67. The van der Waals surface area contributed by atoms with Gasteiger partial charge in [0.2, 0.25) is 5.91 Å². The molecular weight excluding hydrogens is 260 g/mol. The first-order chi connectivity index (χ1) is 9.09. The summed E-state index contributed by atoms with van der Waals surface area (Å²) in [6, 6.07) is 4.91. The lowest BCUT2D eigenvalue weighted by atomic mass is 10.2. The molecule has 0 aliphatic heterocycles. The first-order valence-electron chi connectivity index (χ1n) is 5.81. The van der Waals surface area contributed by atoms with Gasteiger partial charge in [0.25, 0.3) is 0 Å². The fourth-order valence-electron chi connectivity index (χ4n) is 1.68. The van der Waals surface area contributed by atoms with Crippen molar-refractivity contribution in [3.8, 4) is 0 Å². The number of hydrogen-bond acceptors (Lipinski definition) is 5. The number of thiophene rings is 1. The zero-order valence-electron chi connectivity index (χ0n) is 10.8. The second kappa shape index (κ2) is 5.81. The number of amides is 1. The van der Waals surface area contributed by atoms with E-state index in [0.29, 0.717) is 5.69 Å². The van der Waals surface area contributed by atoms with Crippen LogP contribution in [-0.2, 0) is 4.79 Å². The van der Waals surface area contributed by atoms with Crippen LogP contribution in [0, 0.1) is 0 Å². The third-order valence-corrected chi connectivity index (χ3v) is 3.63. The predicted octanol–water partition coefficient (Wildman–Crippen LogP) is 1.85. The molecule has 0 aliphatic carbocycles. The minimum Gasteiger partial charge on any atom is -0.376 e. The maximum Gasteiger partial charge on any atom is 0.246 e. The van der Waals surface area contributed by atoms with E-state index in [9.17, 15) is 4.79 Å². The second-order valence-electron chi connectivity index (χ2n) is 4.27. The Hall–Kier alpha value is -1.92. The summed E-state index contributed by atoms with van der Waals surface area (Å²) in [6.07, 6.45) is 3.30. The van der Waals surface area contributed by atoms with Crippen LogP contribution in [0.1, 0.15) is 10.9 Å². The number of hydrogen-bond donors (Lipinski definition) is 2. The Morgan fingerprint density at radius 3 is 2.89 bits per heavy atom. The molecule has 1 amide bonds. The van der Waals surface area contributed by atoms with Gasteiger partial charge in [-0.05, 0) is 17.5 Å². The van der Waals surface area contributed by atoms with Crippen molar-refractivity contribution in [3.05, 3.63) is 40.8 Å².